The third-order valence-electron chi connectivity index (χ3n) is 2.70. The Hall–Kier alpha value is -0.590. The normalized spacial score (nSPS) is 31.9. The van der Waals surface area contributed by atoms with Crippen molar-refractivity contribution in [1.29, 1.82) is 0 Å². The maximum absolute atomic E-state index is 11.5. The third-order valence-corrected chi connectivity index (χ3v) is 2.70. The van der Waals surface area contributed by atoms with Crippen molar-refractivity contribution in [1.82, 2.24) is 0 Å². The van der Waals surface area contributed by atoms with Crippen LogP contribution in [0, 0.1) is 11.8 Å². The lowest BCUT2D eigenvalue weighted by molar-refractivity contribution is -0.120. The molecule has 0 radical (unpaired) electrons. The lowest BCUT2D eigenvalue weighted by Gasteiger charge is -2.23. The van der Waals surface area contributed by atoms with Crippen LogP contribution in [0.2, 0.25) is 0 Å². The standard InChI is InChI=1S/C10H16O/c1-4-9-6-5-7(2)8(3)10(9)11/h6-8H,4-5H2,1-3H3. The molecule has 0 heterocycles. The molecular weight excluding hydrogens is 136 g/mol. The molecule has 0 aromatic rings. The number of hydrogen-bond acceptors (Lipinski definition) is 1. The fourth-order valence-electron chi connectivity index (χ4n) is 1.50. The fraction of sp³-hybridized carbons (Fsp3) is 0.700. The quantitative estimate of drug-likeness (QED) is 0.564. The van der Waals surface area contributed by atoms with Gasteiger partial charge in [0.25, 0.3) is 0 Å². The molecule has 1 rings (SSSR count). The number of ketones is 1. The number of carbonyl (C=O) groups excluding carboxylic acids is 1. The summed E-state index contributed by atoms with van der Waals surface area (Å²) in [5.74, 6) is 1.15. The second-order valence-electron chi connectivity index (χ2n) is 3.45. The highest BCUT2D eigenvalue weighted by molar-refractivity contribution is 5.97. The summed E-state index contributed by atoms with van der Waals surface area (Å²) in [6.07, 6.45) is 4.08. The van der Waals surface area contributed by atoms with Gasteiger partial charge in [0.05, 0.1) is 0 Å². The van der Waals surface area contributed by atoms with Crippen LogP contribution in [-0.4, -0.2) is 5.78 Å². The number of Topliss-reactive ketones (excluding diaryl/α,β-unsaturated/α-hetero) is 1. The van der Waals surface area contributed by atoms with Gasteiger partial charge < -0.3 is 0 Å². The zero-order valence-electron chi connectivity index (χ0n) is 7.55. The monoisotopic (exact) mass is 152 g/mol. The summed E-state index contributed by atoms with van der Waals surface area (Å²) in [7, 11) is 0. The van der Waals surface area contributed by atoms with E-state index in [9.17, 15) is 4.79 Å². The van der Waals surface area contributed by atoms with Crippen LogP contribution < -0.4 is 0 Å². The molecule has 0 N–H and O–H groups in total. The molecule has 0 bridgehead atoms. The topological polar surface area (TPSA) is 17.1 Å². The smallest absolute Gasteiger partial charge is 0.161 e. The molecule has 0 aromatic carbocycles. The molecule has 1 aliphatic carbocycles. The van der Waals surface area contributed by atoms with E-state index in [4.69, 9.17) is 0 Å². The van der Waals surface area contributed by atoms with Crippen LogP contribution in [0.15, 0.2) is 11.6 Å². The average Bonchev–Trinajstić information content (AvgIpc) is 2.01. The minimum Gasteiger partial charge on any atom is -0.294 e. The highest BCUT2D eigenvalue weighted by Crippen LogP contribution is 2.26. The first kappa shape index (κ1) is 8.51. The maximum Gasteiger partial charge on any atom is 0.161 e. The van der Waals surface area contributed by atoms with Crippen LogP contribution >= 0.6 is 0 Å². The molecule has 2 unspecified atom stereocenters. The summed E-state index contributed by atoms with van der Waals surface area (Å²) in [6, 6.07) is 0. The van der Waals surface area contributed by atoms with E-state index in [0.29, 0.717) is 11.7 Å². The van der Waals surface area contributed by atoms with Crippen LogP contribution in [0.3, 0.4) is 0 Å². The van der Waals surface area contributed by atoms with E-state index in [2.05, 4.69) is 13.0 Å². The molecule has 1 aliphatic rings. The SMILES string of the molecule is CCC1=CCC(C)C(C)C1=O. The van der Waals surface area contributed by atoms with Gasteiger partial charge in [-0.05, 0) is 24.3 Å². The van der Waals surface area contributed by atoms with Crippen LogP contribution in [0.4, 0.5) is 0 Å². The molecule has 62 valence electrons. The van der Waals surface area contributed by atoms with Gasteiger partial charge in [0.2, 0.25) is 0 Å². The molecule has 11 heavy (non-hydrogen) atoms. The second-order valence-corrected chi connectivity index (χ2v) is 3.45. The highest BCUT2D eigenvalue weighted by atomic mass is 16.1. The molecule has 0 saturated carbocycles. The minimum absolute atomic E-state index is 0.245. The number of allylic oxidation sites excluding steroid dienone is 2. The molecule has 0 saturated heterocycles. The lowest BCUT2D eigenvalue weighted by Crippen LogP contribution is -2.24. The molecular formula is C10H16O. The Balaban J connectivity index is 2.79. The Bertz CT molecular complexity index is 191. The molecule has 0 aromatic heterocycles. The van der Waals surface area contributed by atoms with Crippen molar-refractivity contribution in [2.45, 2.75) is 33.6 Å². The van der Waals surface area contributed by atoms with Crippen LogP contribution in [-0.2, 0) is 4.79 Å². The Morgan fingerprint density at radius 1 is 1.55 bits per heavy atom. The van der Waals surface area contributed by atoms with E-state index in [1.807, 2.05) is 13.8 Å². The van der Waals surface area contributed by atoms with Gasteiger partial charge in [0, 0.05) is 5.92 Å². The van der Waals surface area contributed by atoms with Crippen molar-refractivity contribution in [2.24, 2.45) is 11.8 Å². The van der Waals surface area contributed by atoms with Crippen molar-refractivity contribution < 1.29 is 4.79 Å². The Kier molecular flexibility index (Phi) is 2.48. The summed E-state index contributed by atoms with van der Waals surface area (Å²) in [5, 5.41) is 0. The summed E-state index contributed by atoms with van der Waals surface area (Å²) >= 11 is 0. The zero-order valence-corrected chi connectivity index (χ0v) is 7.55. The van der Waals surface area contributed by atoms with E-state index in [-0.39, 0.29) is 5.92 Å². The van der Waals surface area contributed by atoms with Gasteiger partial charge in [0.15, 0.2) is 5.78 Å². The Morgan fingerprint density at radius 3 is 2.73 bits per heavy atom. The van der Waals surface area contributed by atoms with Crippen molar-refractivity contribution >= 4 is 5.78 Å². The average molecular weight is 152 g/mol. The van der Waals surface area contributed by atoms with Crippen molar-refractivity contribution in [2.75, 3.05) is 0 Å². The predicted octanol–water partition coefficient (Wildman–Crippen LogP) is 2.57. The fourth-order valence-corrected chi connectivity index (χ4v) is 1.50. The van der Waals surface area contributed by atoms with E-state index in [1.165, 1.54) is 0 Å². The Morgan fingerprint density at radius 2 is 2.18 bits per heavy atom. The van der Waals surface area contributed by atoms with Crippen molar-refractivity contribution in [3.63, 3.8) is 0 Å². The van der Waals surface area contributed by atoms with Crippen LogP contribution in [0.25, 0.3) is 0 Å². The van der Waals surface area contributed by atoms with Gasteiger partial charge in [-0.3, -0.25) is 4.79 Å². The van der Waals surface area contributed by atoms with E-state index in [1.54, 1.807) is 0 Å². The van der Waals surface area contributed by atoms with Crippen molar-refractivity contribution in [3.05, 3.63) is 11.6 Å². The van der Waals surface area contributed by atoms with E-state index in [0.717, 1.165) is 18.4 Å². The van der Waals surface area contributed by atoms with Gasteiger partial charge in [0.1, 0.15) is 0 Å². The molecule has 0 spiro atoms. The lowest BCUT2D eigenvalue weighted by atomic mass is 9.80. The molecule has 0 amide bonds. The zero-order chi connectivity index (χ0) is 8.43. The van der Waals surface area contributed by atoms with Gasteiger partial charge in [-0.1, -0.05) is 26.8 Å². The molecule has 0 aliphatic heterocycles. The van der Waals surface area contributed by atoms with E-state index >= 15 is 0 Å². The van der Waals surface area contributed by atoms with Gasteiger partial charge in [-0.15, -0.1) is 0 Å². The van der Waals surface area contributed by atoms with Crippen molar-refractivity contribution in [3.8, 4) is 0 Å². The van der Waals surface area contributed by atoms with Gasteiger partial charge >= 0.3 is 0 Å². The van der Waals surface area contributed by atoms with Crippen LogP contribution in [0.5, 0.6) is 0 Å². The maximum atomic E-state index is 11.5. The summed E-state index contributed by atoms with van der Waals surface area (Å²) in [4.78, 5) is 11.5. The number of carbonyl (C=O) groups is 1. The summed E-state index contributed by atoms with van der Waals surface area (Å²) in [6.45, 7) is 6.23. The minimum atomic E-state index is 0.245. The van der Waals surface area contributed by atoms with Gasteiger partial charge in [-0.25, -0.2) is 0 Å². The van der Waals surface area contributed by atoms with Crippen LogP contribution in [0.1, 0.15) is 33.6 Å². The Labute approximate surface area is 68.5 Å². The molecule has 1 nitrogen and oxygen atoms in total. The highest BCUT2D eigenvalue weighted by Gasteiger charge is 2.25. The summed E-state index contributed by atoms with van der Waals surface area (Å²) < 4.78 is 0. The van der Waals surface area contributed by atoms with E-state index < -0.39 is 0 Å². The second kappa shape index (κ2) is 3.21. The summed E-state index contributed by atoms with van der Waals surface area (Å²) in [5.41, 5.74) is 1.04. The first-order valence-corrected chi connectivity index (χ1v) is 4.40. The number of rotatable bonds is 1. The first-order chi connectivity index (χ1) is 5.16. The molecule has 1 heteroatoms. The third kappa shape index (κ3) is 1.52. The first-order valence-electron chi connectivity index (χ1n) is 4.40. The molecule has 0 fully saturated rings. The number of hydrogen-bond donors (Lipinski definition) is 0. The largest absolute Gasteiger partial charge is 0.294 e. The van der Waals surface area contributed by atoms with Gasteiger partial charge in [-0.2, -0.15) is 0 Å². The molecule has 2 atom stereocenters. The predicted molar refractivity (Wildman–Crippen MR) is 46.3 cm³/mol.